The second kappa shape index (κ2) is 11.0. The van der Waals surface area contributed by atoms with Crippen molar-refractivity contribution in [1.82, 2.24) is 14.5 Å². The van der Waals surface area contributed by atoms with E-state index in [-0.39, 0.29) is 5.54 Å². The third-order valence-electron chi connectivity index (χ3n) is 6.69. The molecule has 0 spiro atoms. The minimum atomic E-state index is -3.92. The van der Waals surface area contributed by atoms with Gasteiger partial charge in [0.1, 0.15) is 0 Å². The van der Waals surface area contributed by atoms with Crippen LogP contribution in [0.4, 0.5) is 0 Å². The number of nitrogens with zero attached hydrogens (tertiary/aromatic N) is 3. The molecule has 2 atom stereocenters. The molecule has 0 unspecified atom stereocenters. The van der Waals surface area contributed by atoms with Crippen molar-refractivity contribution in [3.63, 3.8) is 0 Å². The summed E-state index contributed by atoms with van der Waals surface area (Å²) in [5.74, 6) is 0.0524. The summed E-state index contributed by atoms with van der Waals surface area (Å²) in [7, 11) is -7.58. The van der Waals surface area contributed by atoms with E-state index >= 15 is 0 Å². The molecule has 2 saturated heterocycles. The molecule has 34 heavy (non-hydrogen) atoms. The molecule has 0 aromatic heterocycles. The number of aliphatic hydroxyl groups excluding tert-OH is 1. The van der Waals surface area contributed by atoms with Crippen molar-refractivity contribution < 1.29 is 26.5 Å². The molecule has 1 aromatic rings. The lowest BCUT2D eigenvalue weighted by molar-refractivity contribution is -0.0255. The monoisotopic (exact) mass is 515 g/mol. The van der Waals surface area contributed by atoms with Gasteiger partial charge < -0.3 is 10.4 Å². The van der Waals surface area contributed by atoms with Gasteiger partial charge in [0.2, 0.25) is 0 Å². The van der Waals surface area contributed by atoms with Gasteiger partial charge in [-0.3, -0.25) is 9.45 Å². The molecule has 3 fully saturated rings. The number of piperidine rings is 1. The molecule has 2 aliphatic heterocycles. The van der Waals surface area contributed by atoms with Gasteiger partial charge in [-0.1, -0.05) is 30.3 Å². The van der Waals surface area contributed by atoms with Crippen molar-refractivity contribution in [3.05, 3.63) is 35.9 Å². The van der Waals surface area contributed by atoms with Crippen LogP contribution in [0.5, 0.6) is 0 Å². The van der Waals surface area contributed by atoms with Crippen LogP contribution in [0.3, 0.4) is 0 Å². The van der Waals surface area contributed by atoms with E-state index in [1.807, 2.05) is 0 Å². The third kappa shape index (κ3) is 7.19. The summed E-state index contributed by atoms with van der Waals surface area (Å²) in [4.78, 5) is 2.30. The molecule has 1 aromatic carbocycles. The molecule has 0 bridgehead atoms. The minimum Gasteiger partial charge on any atom is -0.395 e. The van der Waals surface area contributed by atoms with Crippen molar-refractivity contribution >= 4 is 20.3 Å². The van der Waals surface area contributed by atoms with Crippen LogP contribution in [-0.4, -0.2) is 91.9 Å². The molecule has 0 amide bonds. The van der Waals surface area contributed by atoms with Gasteiger partial charge in [-0.2, -0.15) is 26.4 Å². The Morgan fingerprint density at radius 2 is 1.76 bits per heavy atom. The maximum Gasteiger partial charge on any atom is 0.277 e. The number of nitrogens with one attached hydrogen (secondary N) is 1. The standard InChI is InChI=1S/C19H27N5O2S.C2H6O4S/c20-9-8-19(13-24(14-19)27(21,25)26)23-10-6-16(7-11-23)22-18-12-17(18)15-4-2-1-3-5-15;3-1-2-7(4,5)6/h1-5,16-18,22H,6-8,10-14H2,(H2,21,25,26);3H,1-2H2,(H,4,5,6)/t17-,18+;/m0./s1. The van der Waals surface area contributed by atoms with E-state index in [4.69, 9.17) is 14.8 Å². The lowest BCUT2D eigenvalue weighted by Gasteiger charge is -2.55. The lowest BCUT2D eigenvalue weighted by atomic mass is 9.84. The summed E-state index contributed by atoms with van der Waals surface area (Å²) in [6.45, 7) is 1.91. The Labute approximate surface area is 201 Å². The molecule has 2 heterocycles. The second-order valence-corrected chi connectivity index (χ2v) is 12.3. The molecule has 3 aliphatic rings. The van der Waals surface area contributed by atoms with Crippen LogP contribution in [0.15, 0.2) is 30.3 Å². The molecular formula is C21H33N5O6S2. The fourth-order valence-corrected chi connectivity index (χ4v) is 5.82. The van der Waals surface area contributed by atoms with Crippen LogP contribution < -0.4 is 10.5 Å². The van der Waals surface area contributed by atoms with Gasteiger partial charge in [0.25, 0.3) is 20.3 Å². The highest BCUT2D eigenvalue weighted by Gasteiger charge is 2.51. The van der Waals surface area contributed by atoms with Crippen LogP contribution >= 0.6 is 0 Å². The summed E-state index contributed by atoms with van der Waals surface area (Å²) in [5.41, 5.74) is 1.05. The zero-order valence-electron chi connectivity index (χ0n) is 19.0. The van der Waals surface area contributed by atoms with Crippen LogP contribution in [0.25, 0.3) is 0 Å². The first-order chi connectivity index (χ1) is 16.0. The Morgan fingerprint density at radius 1 is 1.15 bits per heavy atom. The molecule has 0 radical (unpaired) electrons. The highest BCUT2D eigenvalue weighted by molar-refractivity contribution is 7.86. The molecule has 190 valence electrons. The average molecular weight is 516 g/mol. The van der Waals surface area contributed by atoms with Crippen molar-refractivity contribution in [2.45, 2.75) is 49.2 Å². The Morgan fingerprint density at radius 3 is 2.24 bits per heavy atom. The summed E-state index contributed by atoms with van der Waals surface area (Å²) >= 11 is 0. The van der Waals surface area contributed by atoms with Crippen molar-refractivity contribution in [1.29, 1.82) is 5.26 Å². The molecular weight excluding hydrogens is 482 g/mol. The predicted octanol–water partition coefficient (Wildman–Crippen LogP) is -0.365. The van der Waals surface area contributed by atoms with Gasteiger partial charge in [0.05, 0.1) is 30.4 Å². The Hall–Kier alpha value is -1.63. The number of aliphatic hydroxyl groups is 1. The van der Waals surface area contributed by atoms with Gasteiger partial charge in [-0.25, -0.2) is 5.14 Å². The largest absolute Gasteiger partial charge is 0.395 e. The van der Waals surface area contributed by atoms with Gasteiger partial charge in [0.15, 0.2) is 0 Å². The lowest BCUT2D eigenvalue weighted by Crippen LogP contribution is -2.73. The Bertz CT molecular complexity index is 1060. The van der Waals surface area contributed by atoms with E-state index in [9.17, 15) is 22.1 Å². The first-order valence-corrected chi connectivity index (χ1v) is 14.4. The van der Waals surface area contributed by atoms with Gasteiger partial charge in [-0.05, 0) is 24.8 Å². The highest BCUT2D eigenvalue weighted by Crippen LogP contribution is 2.41. The van der Waals surface area contributed by atoms with Crippen LogP contribution in [-0.2, 0) is 20.3 Å². The fraction of sp³-hybridized carbons (Fsp3) is 0.667. The first kappa shape index (κ1) is 27.0. The molecule has 11 nitrogen and oxygen atoms in total. The predicted molar refractivity (Wildman–Crippen MR) is 126 cm³/mol. The fourth-order valence-electron chi connectivity index (χ4n) is 4.75. The Balaban J connectivity index is 0.000000406. The molecule has 13 heteroatoms. The second-order valence-electron chi connectivity index (χ2n) is 9.17. The van der Waals surface area contributed by atoms with Crippen molar-refractivity contribution in [2.75, 3.05) is 38.5 Å². The van der Waals surface area contributed by atoms with E-state index in [0.29, 0.717) is 37.5 Å². The Kier molecular flexibility index (Phi) is 8.70. The molecule has 5 N–H and O–H groups in total. The molecule has 4 rings (SSSR count). The van der Waals surface area contributed by atoms with Crippen LogP contribution in [0.1, 0.15) is 37.2 Å². The SMILES string of the molecule is N#CCC1(N2CCC(N[C@@H]3C[C@H]3c3ccccc3)CC2)CN(S(N)(=O)=O)C1.O=S(=O)(O)CCO. The normalized spacial score (nSPS) is 25.5. The minimum absolute atomic E-state index is 0.330. The summed E-state index contributed by atoms with van der Waals surface area (Å²) in [6.07, 6.45) is 3.60. The van der Waals surface area contributed by atoms with Crippen LogP contribution in [0, 0.1) is 11.3 Å². The zero-order chi connectivity index (χ0) is 25.0. The number of likely N-dealkylation sites (tertiary alicyclic amines) is 1. The first-order valence-electron chi connectivity index (χ1n) is 11.2. The maximum absolute atomic E-state index is 11.5. The van der Waals surface area contributed by atoms with Gasteiger partial charge in [0, 0.05) is 44.2 Å². The zero-order valence-corrected chi connectivity index (χ0v) is 20.6. The number of hydrogen-bond donors (Lipinski definition) is 4. The maximum atomic E-state index is 11.5. The van der Waals surface area contributed by atoms with E-state index in [0.717, 1.165) is 25.9 Å². The summed E-state index contributed by atoms with van der Waals surface area (Å²) < 4.78 is 51.4. The summed E-state index contributed by atoms with van der Waals surface area (Å²) in [6, 6.07) is 14.0. The molecule has 1 aliphatic carbocycles. The number of benzene rings is 1. The van der Waals surface area contributed by atoms with Crippen LogP contribution in [0.2, 0.25) is 0 Å². The van der Waals surface area contributed by atoms with E-state index in [1.165, 1.54) is 16.3 Å². The number of rotatable bonds is 8. The number of nitriles is 1. The third-order valence-corrected chi connectivity index (χ3v) is 8.37. The van der Waals surface area contributed by atoms with Gasteiger partial charge in [-0.15, -0.1) is 0 Å². The highest BCUT2D eigenvalue weighted by atomic mass is 32.2. The molecule has 1 saturated carbocycles. The average Bonchev–Trinajstić information content (AvgIpc) is 3.50. The quantitative estimate of drug-likeness (QED) is 0.336. The number of hydrogen-bond acceptors (Lipinski definition) is 8. The topological polar surface area (TPSA) is 177 Å². The van der Waals surface area contributed by atoms with Crippen molar-refractivity contribution in [3.8, 4) is 6.07 Å². The van der Waals surface area contributed by atoms with E-state index in [2.05, 4.69) is 46.6 Å². The van der Waals surface area contributed by atoms with Gasteiger partial charge >= 0.3 is 0 Å². The van der Waals surface area contributed by atoms with Crippen molar-refractivity contribution in [2.24, 2.45) is 5.14 Å². The smallest absolute Gasteiger partial charge is 0.277 e. The summed E-state index contributed by atoms with van der Waals surface area (Å²) in [5, 5.41) is 26.1. The van der Waals surface area contributed by atoms with E-state index < -0.39 is 32.7 Å². The number of nitrogens with two attached hydrogens (primary N) is 1. The van der Waals surface area contributed by atoms with E-state index in [1.54, 1.807) is 0 Å².